The van der Waals surface area contributed by atoms with Gasteiger partial charge in [0.25, 0.3) is 0 Å². The van der Waals surface area contributed by atoms with Crippen LogP contribution in [0.15, 0.2) is 23.6 Å². The molecule has 2 rings (SSSR count). The molecule has 0 N–H and O–H groups in total. The standard InChI is InChI=1S/C16H17NO3S/c1-4-13(18)16-17-12(10-21-16)7-5-11-6-8-14(19-2)15(9-11)20-3/h5-10H,4H2,1-3H3/b7-5+. The predicted octanol–water partition coefficient (Wildman–Crippen LogP) is 3.92. The number of aromatic nitrogens is 1. The number of benzene rings is 1. The van der Waals surface area contributed by atoms with Gasteiger partial charge in [0.2, 0.25) is 0 Å². The molecule has 1 aromatic carbocycles. The lowest BCUT2D eigenvalue weighted by atomic mass is 10.2. The second-order valence-electron chi connectivity index (χ2n) is 4.30. The number of Topliss-reactive ketones (excluding diaryl/α,β-unsaturated/α-hetero) is 1. The van der Waals surface area contributed by atoms with E-state index in [0.717, 1.165) is 11.3 Å². The first kappa shape index (κ1) is 15.3. The molecule has 0 spiro atoms. The van der Waals surface area contributed by atoms with Crippen molar-refractivity contribution < 1.29 is 14.3 Å². The molecular formula is C16H17NO3S. The van der Waals surface area contributed by atoms with E-state index in [2.05, 4.69) is 4.98 Å². The monoisotopic (exact) mass is 303 g/mol. The molecule has 0 radical (unpaired) electrons. The second kappa shape index (κ2) is 7.04. The number of hydrogen-bond donors (Lipinski definition) is 0. The van der Waals surface area contributed by atoms with Crippen LogP contribution in [0.4, 0.5) is 0 Å². The van der Waals surface area contributed by atoms with Crippen LogP contribution in [0.2, 0.25) is 0 Å². The van der Waals surface area contributed by atoms with Gasteiger partial charge in [-0.3, -0.25) is 4.79 Å². The Kier molecular flexibility index (Phi) is 5.11. The summed E-state index contributed by atoms with van der Waals surface area (Å²) in [5.41, 5.74) is 1.76. The summed E-state index contributed by atoms with van der Waals surface area (Å²) >= 11 is 1.37. The van der Waals surface area contributed by atoms with E-state index in [9.17, 15) is 4.79 Å². The van der Waals surface area contributed by atoms with Crippen molar-refractivity contribution >= 4 is 29.3 Å². The van der Waals surface area contributed by atoms with Crippen LogP contribution in [0.5, 0.6) is 11.5 Å². The molecule has 0 bridgehead atoms. The van der Waals surface area contributed by atoms with Gasteiger partial charge in [0.1, 0.15) is 0 Å². The molecule has 0 fully saturated rings. The van der Waals surface area contributed by atoms with E-state index in [1.165, 1.54) is 11.3 Å². The smallest absolute Gasteiger partial charge is 0.191 e. The van der Waals surface area contributed by atoms with Crippen molar-refractivity contribution in [1.82, 2.24) is 4.98 Å². The SMILES string of the molecule is CCC(=O)c1nc(/C=C/c2ccc(OC)c(OC)c2)cs1. The first-order chi connectivity index (χ1) is 10.2. The molecule has 0 saturated carbocycles. The van der Waals surface area contributed by atoms with Gasteiger partial charge in [-0.05, 0) is 23.8 Å². The highest BCUT2D eigenvalue weighted by Gasteiger charge is 2.07. The van der Waals surface area contributed by atoms with Gasteiger partial charge in [-0.15, -0.1) is 11.3 Å². The molecule has 21 heavy (non-hydrogen) atoms. The third kappa shape index (κ3) is 3.70. The summed E-state index contributed by atoms with van der Waals surface area (Å²) in [6.07, 6.45) is 4.29. The molecule has 0 atom stereocenters. The highest BCUT2D eigenvalue weighted by atomic mass is 32.1. The van der Waals surface area contributed by atoms with Crippen LogP contribution >= 0.6 is 11.3 Å². The summed E-state index contributed by atoms with van der Waals surface area (Å²) in [4.78, 5) is 15.8. The van der Waals surface area contributed by atoms with Crippen LogP contribution in [0, 0.1) is 0 Å². The molecule has 0 aliphatic heterocycles. The van der Waals surface area contributed by atoms with Gasteiger partial charge >= 0.3 is 0 Å². The first-order valence-electron chi connectivity index (χ1n) is 6.56. The zero-order valence-corrected chi connectivity index (χ0v) is 13.1. The second-order valence-corrected chi connectivity index (χ2v) is 5.16. The Balaban J connectivity index is 2.17. The molecule has 0 unspecified atom stereocenters. The van der Waals surface area contributed by atoms with Crippen LogP contribution in [0.25, 0.3) is 12.2 Å². The molecular weight excluding hydrogens is 286 g/mol. The molecule has 0 saturated heterocycles. The third-order valence-corrected chi connectivity index (χ3v) is 3.84. The lowest BCUT2D eigenvalue weighted by Gasteiger charge is -2.07. The Morgan fingerprint density at radius 3 is 2.67 bits per heavy atom. The third-order valence-electron chi connectivity index (χ3n) is 2.94. The molecule has 5 heteroatoms. The van der Waals surface area contributed by atoms with Crippen LogP contribution in [-0.4, -0.2) is 25.0 Å². The average Bonchev–Trinajstić information content (AvgIpc) is 3.00. The molecule has 0 aliphatic rings. The normalized spacial score (nSPS) is 10.8. The average molecular weight is 303 g/mol. The van der Waals surface area contributed by atoms with Gasteiger partial charge in [-0.2, -0.15) is 0 Å². The van der Waals surface area contributed by atoms with E-state index in [1.54, 1.807) is 14.2 Å². The number of hydrogen-bond acceptors (Lipinski definition) is 5. The minimum Gasteiger partial charge on any atom is -0.493 e. The largest absolute Gasteiger partial charge is 0.493 e. The Labute approximate surface area is 128 Å². The molecule has 2 aromatic rings. The van der Waals surface area contributed by atoms with Crippen molar-refractivity contribution in [2.24, 2.45) is 0 Å². The maximum absolute atomic E-state index is 11.5. The Bertz CT molecular complexity index is 661. The maximum Gasteiger partial charge on any atom is 0.191 e. The van der Waals surface area contributed by atoms with E-state index in [0.29, 0.717) is 22.9 Å². The summed E-state index contributed by atoms with van der Waals surface area (Å²) in [7, 11) is 3.21. The summed E-state index contributed by atoms with van der Waals surface area (Å²) < 4.78 is 10.5. The number of ketones is 1. The summed E-state index contributed by atoms with van der Waals surface area (Å²) in [6.45, 7) is 1.84. The molecule has 110 valence electrons. The lowest BCUT2D eigenvalue weighted by Crippen LogP contribution is -1.94. The minimum absolute atomic E-state index is 0.0748. The van der Waals surface area contributed by atoms with Gasteiger partial charge in [0.05, 0.1) is 19.9 Å². The Morgan fingerprint density at radius 1 is 1.24 bits per heavy atom. The molecule has 0 aliphatic carbocycles. The van der Waals surface area contributed by atoms with Crippen molar-refractivity contribution in [2.45, 2.75) is 13.3 Å². The van der Waals surface area contributed by atoms with Crippen LogP contribution < -0.4 is 9.47 Å². The molecule has 1 aromatic heterocycles. The summed E-state index contributed by atoms with van der Waals surface area (Å²) in [6, 6.07) is 5.67. The summed E-state index contributed by atoms with van der Waals surface area (Å²) in [5.74, 6) is 1.45. The number of carbonyl (C=O) groups excluding carboxylic acids is 1. The topological polar surface area (TPSA) is 48.4 Å². The van der Waals surface area contributed by atoms with Crippen molar-refractivity contribution in [2.75, 3.05) is 14.2 Å². The fourth-order valence-corrected chi connectivity index (χ4v) is 2.58. The fraction of sp³-hybridized carbons (Fsp3) is 0.250. The van der Waals surface area contributed by atoms with Crippen LogP contribution in [0.3, 0.4) is 0 Å². The number of nitrogens with zero attached hydrogens (tertiary/aromatic N) is 1. The number of methoxy groups -OCH3 is 2. The van der Waals surface area contributed by atoms with E-state index in [-0.39, 0.29) is 5.78 Å². The van der Waals surface area contributed by atoms with Crippen molar-refractivity contribution in [3.8, 4) is 11.5 Å². The van der Waals surface area contributed by atoms with Crippen molar-refractivity contribution in [3.63, 3.8) is 0 Å². The van der Waals surface area contributed by atoms with Gasteiger partial charge < -0.3 is 9.47 Å². The lowest BCUT2D eigenvalue weighted by molar-refractivity contribution is 0.0988. The zero-order valence-electron chi connectivity index (χ0n) is 12.3. The van der Waals surface area contributed by atoms with E-state index < -0.39 is 0 Å². The Morgan fingerprint density at radius 2 is 2.00 bits per heavy atom. The molecule has 0 amide bonds. The van der Waals surface area contributed by atoms with Gasteiger partial charge in [-0.25, -0.2) is 4.98 Å². The van der Waals surface area contributed by atoms with Crippen molar-refractivity contribution in [1.29, 1.82) is 0 Å². The Hall–Kier alpha value is -2.14. The van der Waals surface area contributed by atoms with Crippen molar-refractivity contribution in [3.05, 3.63) is 39.8 Å². The number of ether oxygens (including phenoxy) is 2. The van der Waals surface area contributed by atoms with Gasteiger partial charge in [0, 0.05) is 11.8 Å². The quantitative estimate of drug-likeness (QED) is 0.759. The zero-order chi connectivity index (χ0) is 15.2. The van der Waals surface area contributed by atoms with Gasteiger partial charge in [-0.1, -0.05) is 19.1 Å². The van der Waals surface area contributed by atoms with E-state index >= 15 is 0 Å². The number of carbonyl (C=O) groups is 1. The number of thiazole rings is 1. The van der Waals surface area contributed by atoms with Crippen LogP contribution in [0.1, 0.15) is 34.4 Å². The van der Waals surface area contributed by atoms with E-state index in [1.807, 2.05) is 42.7 Å². The summed E-state index contributed by atoms with van der Waals surface area (Å²) in [5, 5.41) is 2.43. The highest BCUT2D eigenvalue weighted by molar-refractivity contribution is 7.11. The molecule has 4 nitrogen and oxygen atoms in total. The van der Waals surface area contributed by atoms with Crippen LogP contribution in [-0.2, 0) is 0 Å². The predicted molar refractivity (Wildman–Crippen MR) is 85.2 cm³/mol. The maximum atomic E-state index is 11.5. The van der Waals surface area contributed by atoms with E-state index in [4.69, 9.17) is 9.47 Å². The van der Waals surface area contributed by atoms with Gasteiger partial charge in [0.15, 0.2) is 22.3 Å². The first-order valence-corrected chi connectivity index (χ1v) is 7.44. The molecule has 1 heterocycles. The number of rotatable bonds is 6. The fourth-order valence-electron chi connectivity index (χ4n) is 1.78. The highest BCUT2D eigenvalue weighted by Crippen LogP contribution is 2.28. The minimum atomic E-state index is 0.0748.